The molecule has 1 nitrogen and oxygen atoms in total. The third-order valence-electron chi connectivity index (χ3n) is 4.00. The molecule has 1 heterocycles. The average molecular weight is 231 g/mol. The summed E-state index contributed by atoms with van der Waals surface area (Å²) in [5.74, 6) is 0.614. The average Bonchev–Trinajstić information content (AvgIpc) is 2.28. The molecule has 1 aliphatic rings. The van der Waals surface area contributed by atoms with Gasteiger partial charge in [0.1, 0.15) is 0 Å². The molecule has 0 bridgehead atoms. The zero-order valence-electron chi connectivity index (χ0n) is 11.7. The summed E-state index contributed by atoms with van der Waals surface area (Å²) < 4.78 is 0. The third kappa shape index (κ3) is 2.65. The van der Waals surface area contributed by atoms with Gasteiger partial charge < -0.3 is 4.90 Å². The summed E-state index contributed by atoms with van der Waals surface area (Å²) in [6.45, 7) is 10.5. The van der Waals surface area contributed by atoms with Gasteiger partial charge >= 0.3 is 0 Å². The first-order valence-electron chi connectivity index (χ1n) is 6.88. The van der Waals surface area contributed by atoms with Crippen LogP contribution in [0.2, 0.25) is 0 Å². The Labute approximate surface area is 106 Å². The maximum Gasteiger partial charge on any atom is 0.0373 e. The fourth-order valence-electron chi connectivity index (χ4n) is 2.80. The number of nitrogens with zero attached hydrogens (tertiary/aromatic N) is 1. The van der Waals surface area contributed by atoms with E-state index in [0.717, 1.165) is 0 Å². The van der Waals surface area contributed by atoms with Crippen molar-refractivity contribution in [2.75, 3.05) is 11.4 Å². The first-order chi connectivity index (χ1) is 8.00. The van der Waals surface area contributed by atoms with Crippen molar-refractivity contribution in [1.82, 2.24) is 0 Å². The van der Waals surface area contributed by atoms with Crippen molar-refractivity contribution in [3.8, 4) is 0 Å². The van der Waals surface area contributed by atoms with Crippen molar-refractivity contribution in [1.29, 1.82) is 0 Å². The Kier molecular flexibility index (Phi) is 3.46. The normalized spacial score (nSPS) is 19.7. The molecule has 0 amide bonds. The smallest absolute Gasteiger partial charge is 0.0373 e. The molecular weight excluding hydrogens is 206 g/mol. The Morgan fingerprint density at radius 1 is 1.18 bits per heavy atom. The lowest BCUT2D eigenvalue weighted by Gasteiger charge is -2.44. The van der Waals surface area contributed by atoms with Crippen molar-refractivity contribution in [3.05, 3.63) is 29.8 Å². The summed E-state index contributed by atoms with van der Waals surface area (Å²) in [4.78, 5) is 2.59. The summed E-state index contributed by atoms with van der Waals surface area (Å²) in [5, 5.41) is 0. The molecule has 0 N–H and O–H groups in total. The van der Waals surface area contributed by atoms with Gasteiger partial charge in [-0.15, -0.1) is 0 Å². The van der Waals surface area contributed by atoms with E-state index in [0.29, 0.717) is 11.5 Å². The number of piperidine rings is 1. The van der Waals surface area contributed by atoms with Crippen LogP contribution in [-0.2, 0) is 0 Å². The van der Waals surface area contributed by atoms with Crippen LogP contribution in [0.4, 0.5) is 5.69 Å². The molecular formula is C16H25N. The fraction of sp³-hybridized carbons (Fsp3) is 0.625. The van der Waals surface area contributed by atoms with Gasteiger partial charge in [-0.1, -0.05) is 26.0 Å². The molecule has 1 aromatic rings. The zero-order valence-corrected chi connectivity index (χ0v) is 11.7. The Morgan fingerprint density at radius 3 is 2.59 bits per heavy atom. The van der Waals surface area contributed by atoms with E-state index in [4.69, 9.17) is 0 Å². The molecule has 1 aliphatic heterocycles. The van der Waals surface area contributed by atoms with Gasteiger partial charge in [0.2, 0.25) is 0 Å². The van der Waals surface area contributed by atoms with Crippen LogP contribution >= 0.6 is 0 Å². The van der Waals surface area contributed by atoms with E-state index in [1.54, 1.807) is 0 Å². The highest BCUT2D eigenvalue weighted by Crippen LogP contribution is 2.33. The van der Waals surface area contributed by atoms with E-state index in [2.05, 4.69) is 56.9 Å². The molecule has 1 aromatic carbocycles. The van der Waals surface area contributed by atoms with Gasteiger partial charge in [-0.05, 0) is 56.7 Å². The highest BCUT2D eigenvalue weighted by Gasteiger charge is 2.29. The minimum atomic E-state index is 0.313. The van der Waals surface area contributed by atoms with Gasteiger partial charge in [-0.25, -0.2) is 0 Å². The van der Waals surface area contributed by atoms with Crippen molar-refractivity contribution in [2.45, 2.75) is 58.4 Å². The first-order valence-corrected chi connectivity index (χ1v) is 6.88. The van der Waals surface area contributed by atoms with E-state index in [9.17, 15) is 0 Å². The van der Waals surface area contributed by atoms with E-state index in [1.807, 2.05) is 0 Å². The lowest BCUT2D eigenvalue weighted by Crippen LogP contribution is -2.47. The van der Waals surface area contributed by atoms with Crippen molar-refractivity contribution in [2.24, 2.45) is 0 Å². The molecule has 2 rings (SSSR count). The van der Waals surface area contributed by atoms with Crippen molar-refractivity contribution < 1.29 is 0 Å². The molecule has 0 aliphatic carbocycles. The maximum absolute atomic E-state index is 2.59. The molecule has 94 valence electrons. The largest absolute Gasteiger partial charge is 0.366 e. The summed E-state index contributed by atoms with van der Waals surface area (Å²) in [7, 11) is 0. The van der Waals surface area contributed by atoms with Crippen LogP contribution in [0.15, 0.2) is 24.3 Å². The van der Waals surface area contributed by atoms with Gasteiger partial charge in [0.15, 0.2) is 0 Å². The van der Waals surface area contributed by atoms with Crippen LogP contribution in [0, 0.1) is 0 Å². The highest BCUT2D eigenvalue weighted by atomic mass is 15.2. The third-order valence-corrected chi connectivity index (χ3v) is 4.00. The Morgan fingerprint density at radius 2 is 1.94 bits per heavy atom. The molecule has 0 radical (unpaired) electrons. The van der Waals surface area contributed by atoms with Gasteiger partial charge in [-0.3, -0.25) is 0 Å². The number of benzene rings is 1. The predicted octanol–water partition coefficient (Wildman–Crippen LogP) is 4.58. The molecule has 17 heavy (non-hydrogen) atoms. The predicted molar refractivity (Wildman–Crippen MR) is 75.8 cm³/mol. The summed E-state index contributed by atoms with van der Waals surface area (Å²) in [5.41, 5.74) is 3.16. The minimum absolute atomic E-state index is 0.313. The molecule has 0 atom stereocenters. The van der Waals surface area contributed by atoms with Crippen molar-refractivity contribution >= 4 is 5.69 Å². The van der Waals surface area contributed by atoms with E-state index < -0.39 is 0 Å². The standard InChI is InChI=1S/C16H25N/c1-13(2)14-8-7-9-15(12-14)17-11-6-5-10-16(17,3)4/h7-9,12-13H,5-6,10-11H2,1-4H3. The SMILES string of the molecule is CC(C)c1cccc(N2CCCCC2(C)C)c1. The molecule has 0 unspecified atom stereocenters. The molecule has 1 fully saturated rings. The maximum atomic E-state index is 2.59. The highest BCUT2D eigenvalue weighted by molar-refractivity contribution is 5.51. The van der Waals surface area contributed by atoms with Crippen molar-refractivity contribution in [3.63, 3.8) is 0 Å². The summed E-state index contributed by atoms with van der Waals surface area (Å²) in [6.07, 6.45) is 4.00. The molecule has 1 heteroatoms. The molecule has 1 saturated heterocycles. The van der Waals surface area contributed by atoms with Crippen LogP contribution < -0.4 is 4.90 Å². The van der Waals surface area contributed by atoms with Gasteiger partial charge in [-0.2, -0.15) is 0 Å². The molecule has 0 spiro atoms. The summed E-state index contributed by atoms with van der Waals surface area (Å²) in [6, 6.07) is 9.08. The van der Waals surface area contributed by atoms with Crippen LogP contribution in [0.3, 0.4) is 0 Å². The molecule has 0 aromatic heterocycles. The summed E-state index contributed by atoms with van der Waals surface area (Å²) >= 11 is 0. The van der Waals surface area contributed by atoms with E-state index >= 15 is 0 Å². The monoisotopic (exact) mass is 231 g/mol. The number of hydrogen-bond acceptors (Lipinski definition) is 1. The van der Waals surface area contributed by atoms with Crippen LogP contribution in [0.25, 0.3) is 0 Å². The van der Waals surface area contributed by atoms with Gasteiger partial charge in [0, 0.05) is 17.8 Å². The Balaban J connectivity index is 2.29. The number of rotatable bonds is 2. The second-order valence-electron chi connectivity index (χ2n) is 6.17. The lowest BCUT2D eigenvalue weighted by atomic mass is 9.89. The number of anilines is 1. The van der Waals surface area contributed by atoms with E-state index in [-0.39, 0.29) is 0 Å². The Hall–Kier alpha value is -0.980. The van der Waals surface area contributed by atoms with Crippen LogP contribution in [0.1, 0.15) is 58.4 Å². The van der Waals surface area contributed by atoms with Gasteiger partial charge in [0.05, 0.1) is 0 Å². The second-order valence-corrected chi connectivity index (χ2v) is 6.17. The quantitative estimate of drug-likeness (QED) is 0.720. The van der Waals surface area contributed by atoms with E-state index in [1.165, 1.54) is 37.1 Å². The minimum Gasteiger partial charge on any atom is -0.366 e. The zero-order chi connectivity index (χ0) is 12.5. The van der Waals surface area contributed by atoms with Gasteiger partial charge in [0.25, 0.3) is 0 Å². The topological polar surface area (TPSA) is 3.24 Å². The van der Waals surface area contributed by atoms with Crippen LogP contribution in [0.5, 0.6) is 0 Å². The molecule has 0 saturated carbocycles. The van der Waals surface area contributed by atoms with Crippen LogP contribution in [-0.4, -0.2) is 12.1 Å². The second kappa shape index (κ2) is 4.72. The lowest BCUT2D eigenvalue weighted by molar-refractivity contribution is 0.361. The number of hydrogen-bond donors (Lipinski definition) is 0. The first kappa shape index (κ1) is 12.5. The fourth-order valence-corrected chi connectivity index (χ4v) is 2.80. The Bertz CT molecular complexity index is 379.